The van der Waals surface area contributed by atoms with Gasteiger partial charge in [0.1, 0.15) is 5.76 Å². The second-order valence-corrected chi connectivity index (χ2v) is 6.46. The van der Waals surface area contributed by atoms with E-state index in [1.807, 2.05) is 18.7 Å². The molecule has 1 saturated heterocycles. The normalized spacial score (nSPS) is 27.7. The number of aryl methyl sites for hydroxylation is 2. The molecule has 1 N–H and O–H groups in total. The van der Waals surface area contributed by atoms with E-state index in [-0.39, 0.29) is 23.8 Å². The summed E-state index contributed by atoms with van der Waals surface area (Å²) in [5.74, 6) is -0.144. The predicted molar refractivity (Wildman–Crippen MR) is 78.3 cm³/mol. The van der Waals surface area contributed by atoms with Crippen LogP contribution in [0.5, 0.6) is 0 Å². The Labute approximate surface area is 129 Å². The van der Waals surface area contributed by atoms with E-state index in [9.17, 15) is 14.7 Å². The van der Waals surface area contributed by atoms with Crippen molar-refractivity contribution in [3.05, 3.63) is 17.0 Å². The molecule has 0 radical (unpaired) electrons. The van der Waals surface area contributed by atoms with E-state index in [2.05, 4.69) is 5.16 Å². The molecule has 0 spiro atoms. The SMILES string of the molecule is Cc1noc(C)c1CC(=O)N1CCC(C(=O)O)C2CCCC21. The number of carbonyl (C=O) groups excluding carboxylic acids is 1. The molecule has 120 valence electrons. The maximum absolute atomic E-state index is 12.7. The zero-order valence-corrected chi connectivity index (χ0v) is 13.0. The Morgan fingerprint density at radius 3 is 2.73 bits per heavy atom. The Morgan fingerprint density at radius 2 is 2.09 bits per heavy atom. The van der Waals surface area contributed by atoms with E-state index in [1.54, 1.807) is 0 Å². The molecule has 1 aliphatic heterocycles. The summed E-state index contributed by atoms with van der Waals surface area (Å²) in [6.07, 6.45) is 3.69. The Balaban J connectivity index is 1.75. The molecule has 6 nitrogen and oxygen atoms in total. The molecule has 1 amide bonds. The van der Waals surface area contributed by atoms with Gasteiger partial charge < -0.3 is 14.5 Å². The van der Waals surface area contributed by atoms with Crippen molar-refractivity contribution in [2.24, 2.45) is 11.8 Å². The zero-order valence-electron chi connectivity index (χ0n) is 13.0. The van der Waals surface area contributed by atoms with Gasteiger partial charge in [-0.25, -0.2) is 0 Å². The molecule has 1 saturated carbocycles. The average molecular weight is 306 g/mol. The molecule has 6 heteroatoms. The summed E-state index contributed by atoms with van der Waals surface area (Å²) in [6, 6.07) is 0.0859. The number of nitrogens with zero attached hydrogens (tertiary/aromatic N) is 2. The summed E-state index contributed by atoms with van der Waals surface area (Å²) in [6.45, 7) is 4.20. The van der Waals surface area contributed by atoms with E-state index in [0.29, 0.717) is 25.1 Å². The number of carbonyl (C=O) groups is 2. The quantitative estimate of drug-likeness (QED) is 0.922. The Bertz CT molecular complexity index is 575. The molecular weight excluding hydrogens is 284 g/mol. The molecular formula is C16H22N2O4. The number of hydrogen-bond donors (Lipinski definition) is 1. The lowest BCUT2D eigenvalue weighted by atomic mass is 9.81. The molecule has 1 aromatic rings. The van der Waals surface area contributed by atoms with Crippen LogP contribution in [-0.2, 0) is 16.0 Å². The van der Waals surface area contributed by atoms with Crippen molar-refractivity contribution in [3.8, 4) is 0 Å². The van der Waals surface area contributed by atoms with E-state index in [0.717, 1.165) is 30.5 Å². The van der Waals surface area contributed by atoms with Gasteiger partial charge in [0.15, 0.2) is 0 Å². The highest BCUT2D eigenvalue weighted by Gasteiger charge is 2.45. The molecule has 3 atom stereocenters. The van der Waals surface area contributed by atoms with Gasteiger partial charge in [0.05, 0.1) is 18.0 Å². The first-order valence-corrected chi connectivity index (χ1v) is 7.93. The number of rotatable bonds is 3. The van der Waals surface area contributed by atoms with E-state index >= 15 is 0 Å². The lowest BCUT2D eigenvalue weighted by Crippen LogP contribution is -2.51. The number of piperidine rings is 1. The fraction of sp³-hybridized carbons (Fsp3) is 0.688. The van der Waals surface area contributed by atoms with Gasteiger partial charge in [-0.3, -0.25) is 9.59 Å². The topological polar surface area (TPSA) is 83.6 Å². The van der Waals surface area contributed by atoms with Gasteiger partial charge in [-0.2, -0.15) is 0 Å². The van der Waals surface area contributed by atoms with Gasteiger partial charge in [-0.15, -0.1) is 0 Å². The molecule has 1 aromatic heterocycles. The molecule has 3 rings (SSSR count). The van der Waals surface area contributed by atoms with Crippen LogP contribution in [0.4, 0.5) is 0 Å². The second-order valence-electron chi connectivity index (χ2n) is 6.46. The number of carboxylic acid groups (broad SMARTS) is 1. The predicted octanol–water partition coefficient (Wildman–Crippen LogP) is 1.94. The summed E-state index contributed by atoms with van der Waals surface area (Å²) in [5, 5.41) is 13.3. The molecule has 2 fully saturated rings. The summed E-state index contributed by atoms with van der Waals surface area (Å²) in [4.78, 5) is 26.0. The van der Waals surface area contributed by atoms with Gasteiger partial charge in [-0.1, -0.05) is 11.6 Å². The number of likely N-dealkylation sites (tertiary alicyclic amines) is 1. The van der Waals surface area contributed by atoms with Gasteiger partial charge in [0.25, 0.3) is 0 Å². The highest BCUT2D eigenvalue weighted by atomic mass is 16.5. The van der Waals surface area contributed by atoms with E-state index < -0.39 is 5.97 Å². The van der Waals surface area contributed by atoms with Gasteiger partial charge in [0.2, 0.25) is 5.91 Å². The molecule has 3 unspecified atom stereocenters. The van der Waals surface area contributed by atoms with Crippen LogP contribution >= 0.6 is 0 Å². The van der Waals surface area contributed by atoms with Crippen LogP contribution in [0, 0.1) is 25.7 Å². The molecule has 22 heavy (non-hydrogen) atoms. The largest absolute Gasteiger partial charge is 0.481 e. The zero-order chi connectivity index (χ0) is 15.9. The standard InChI is InChI=1S/C16H22N2O4/c1-9-13(10(2)22-17-9)8-15(19)18-7-6-12(16(20)21)11-4-3-5-14(11)18/h11-12,14H,3-8H2,1-2H3,(H,20,21). The summed E-state index contributed by atoms with van der Waals surface area (Å²) >= 11 is 0. The maximum atomic E-state index is 12.7. The Morgan fingerprint density at radius 1 is 1.32 bits per heavy atom. The fourth-order valence-corrected chi connectivity index (χ4v) is 4.11. The van der Waals surface area contributed by atoms with Crippen molar-refractivity contribution in [1.29, 1.82) is 0 Å². The van der Waals surface area contributed by atoms with Crippen LogP contribution in [-0.4, -0.2) is 39.6 Å². The Hall–Kier alpha value is -1.85. The third-order valence-corrected chi connectivity index (χ3v) is 5.28. The minimum Gasteiger partial charge on any atom is -0.481 e. The third kappa shape index (κ3) is 2.51. The lowest BCUT2D eigenvalue weighted by Gasteiger charge is -2.41. The van der Waals surface area contributed by atoms with E-state index in [4.69, 9.17) is 4.52 Å². The number of carboxylic acids is 1. The Kier molecular flexibility index (Phi) is 3.93. The summed E-state index contributed by atoms with van der Waals surface area (Å²) in [7, 11) is 0. The number of aromatic nitrogens is 1. The first-order valence-electron chi connectivity index (χ1n) is 7.93. The minimum absolute atomic E-state index is 0.0649. The summed E-state index contributed by atoms with van der Waals surface area (Å²) in [5.41, 5.74) is 1.62. The van der Waals surface area contributed by atoms with Crippen LogP contribution in [0.1, 0.15) is 42.7 Å². The first kappa shape index (κ1) is 15.1. The molecule has 1 aliphatic carbocycles. The summed E-state index contributed by atoms with van der Waals surface area (Å²) < 4.78 is 5.12. The van der Waals surface area contributed by atoms with Gasteiger partial charge in [0, 0.05) is 18.2 Å². The maximum Gasteiger partial charge on any atom is 0.306 e. The molecule has 0 aromatic carbocycles. The third-order valence-electron chi connectivity index (χ3n) is 5.28. The van der Waals surface area contributed by atoms with Crippen LogP contribution in [0.25, 0.3) is 0 Å². The number of hydrogen-bond acceptors (Lipinski definition) is 4. The highest BCUT2D eigenvalue weighted by molar-refractivity contribution is 5.80. The van der Waals surface area contributed by atoms with Gasteiger partial charge in [-0.05, 0) is 39.0 Å². The average Bonchev–Trinajstić information content (AvgIpc) is 3.07. The van der Waals surface area contributed by atoms with Crippen molar-refractivity contribution in [2.75, 3.05) is 6.54 Å². The van der Waals surface area contributed by atoms with Crippen LogP contribution in [0.2, 0.25) is 0 Å². The smallest absolute Gasteiger partial charge is 0.306 e. The first-order chi connectivity index (χ1) is 10.5. The van der Waals surface area contributed by atoms with Crippen molar-refractivity contribution in [1.82, 2.24) is 10.1 Å². The number of fused-ring (bicyclic) bond motifs is 1. The second kappa shape index (κ2) is 5.74. The number of amides is 1. The highest BCUT2D eigenvalue weighted by Crippen LogP contribution is 2.40. The van der Waals surface area contributed by atoms with Crippen LogP contribution < -0.4 is 0 Å². The number of aliphatic carboxylic acids is 1. The van der Waals surface area contributed by atoms with Crippen molar-refractivity contribution in [2.45, 2.75) is 52.0 Å². The van der Waals surface area contributed by atoms with E-state index in [1.165, 1.54) is 0 Å². The monoisotopic (exact) mass is 306 g/mol. The van der Waals surface area contributed by atoms with Crippen LogP contribution in [0.3, 0.4) is 0 Å². The van der Waals surface area contributed by atoms with Crippen molar-refractivity contribution in [3.63, 3.8) is 0 Å². The minimum atomic E-state index is -0.713. The molecule has 0 bridgehead atoms. The lowest BCUT2D eigenvalue weighted by molar-refractivity contribution is -0.150. The molecule has 2 heterocycles. The van der Waals surface area contributed by atoms with Crippen LogP contribution in [0.15, 0.2) is 4.52 Å². The fourth-order valence-electron chi connectivity index (χ4n) is 4.11. The van der Waals surface area contributed by atoms with Crippen molar-refractivity contribution >= 4 is 11.9 Å². The van der Waals surface area contributed by atoms with Crippen molar-refractivity contribution < 1.29 is 19.2 Å². The van der Waals surface area contributed by atoms with Gasteiger partial charge >= 0.3 is 5.97 Å². The molecule has 2 aliphatic rings.